The van der Waals surface area contributed by atoms with E-state index < -0.39 is 0 Å². The van der Waals surface area contributed by atoms with Crippen LogP contribution in [0.5, 0.6) is 0 Å². The number of nitrogen functional groups attached to an aromatic ring is 2. The third-order valence-electron chi connectivity index (χ3n) is 1.82. The zero-order valence-electron chi connectivity index (χ0n) is 7.36. The molecule has 0 unspecified atom stereocenters. The fourth-order valence-electron chi connectivity index (χ4n) is 1.04. The lowest BCUT2D eigenvalue weighted by Gasteiger charge is -1.98. The number of hydrogen-bond acceptors (Lipinski definition) is 5. The van der Waals surface area contributed by atoms with E-state index in [1.807, 2.05) is 12.3 Å². The van der Waals surface area contributed by atoms with Gasteiger partial charge in [-0.25, -0.2) is 4.68 Å². The number of nitrogens with two attached hydrogens (primary N) is 2. The Morgan fingerprint density at radius 3 is 2.64 bits per heavy atom. The maximum Gasteiger partial charge on any atom is 0.241 e. The Bertz CT molecular complexity index is 430. The van der Waals surface area contributed by atoms with Gasteiger partial charge in [0.05, 0.1) is 9.90 Å². The first kappa shape index (κ1) is 9.29. The first-order valence-electron chi connectivity index (χ1n) is 3.81. The first-order chi connectivity index (χ1) is 6.61. The fraction of sp³-hybridized carbons (Fsp3) is 0.143. The van der Waals surface area contributed by atoms with Crippen LogP contribution in [0, 0.1) is 6.92 Å². The second kappa shape index (κ2) is 3.14. The fourth-order valence-corrected chi connectivity index (χ4v) is 2.30. The molecule has 0 spiro atoms. The Morgan fingerprint density at radius 2 is 2.21 bits per heavy atom. The van der Waals surface area contributed by atoms with Gasteiger partial charge in [-0.15, -0.1) is 21.5 Å². The number of halogens is 1. The molecule has 0 amide bonds. The Morgan fingerprint density at radius 1 is 1.50 bits per heavy atom. The van der Waals surface area contributed by atoms with E-state index in [9.17, 15) is 0 Å². The predicted molar refractivity (Wildman–Crippen MR) is 57.6 cm³/mol. The highest BCUT2D eigenvalue weighted by Crippen LogP contribution is 2.34. The smallest absolute Gasteiger partial charge is 0.241 e. The van der Waals surface area contributed by atoms with Crippen molar-refractivity contribution in [3.05, 3.63) is 16.0 Å². The van der Waals surface area contributed by atoms with Gasteiger partial charge in [-0.05, 0) is 17.9 Å². The minimum Gasteiger partial charge on any atom is -0.366 e. The van der Waals surface area contributed by atoms with Crippen LogP contribution in [-0.4, -0.2) is 14.9 Å². The Hall–Kier alpha value is -1.27. The predicted octanol–water partition coefficient (Wildman–Crippen LogP) is 1.26. The quantitative estimate of drug-likeness (QED) is 0.722. The van der Waals surface area contributed by atoms with Crippen LogP contribution in [0.2, 0.25) is 5.02 Å². The molecule has 0 atom stereocenters. The monoisotopic (exact) mass is 229 g/mol. The van der Waals surface area contributed by atoms with E-state index >= 15 is 0 Å². The molecule has 0 aliphatic carbocycles. The third-order valence-corrected chi connectivity index (χ3v) is 3.52. The van der Waals surface area contributed by atoms with E-state index in [0.717, 1.165) is 10.4 Å². The van der Waals surface area contributed by atoms with E-state index in [1.165, 1.54) is 16.0 Å². The lowest BCUT2D eigenvalue weighted by Crippen LogP contribution is -2.13. The number of aromatic nitrogens is 3. The van der Waals surface area contributed by atoms with Gasteiger partial charge in [-0.3, -0.25) is 0 Å². The summed E-state index contributed by atoms with van der Waals surface area (Å²) in [4.78, 5) is 0.788. The Labute approximate surface area is 89.3 Å². The van der Waals surface area contributed by atoms with Crippen molar-refractivity contribution >= 4 is 28.9 Å². The van der Waals surface area contributed by atoms with Gasteiger partial charge < -0.3 is 11.6 Å². The summed E-state index contributed by atoms with van der Waals surface area (Å²) < 4.78 is 1.22. The molecule has 14 heavy (non-hydrogen) atoms. The minimum atomic E-state index is 0.169. The van der Waals surface area contributed by atoms with Crippen molar-refractivity contribution in [2.24, 2.45) is 0 Å². The molecule has 2 rings (SSSR count). The summed E-state index contributed by atoms with van der Waals surface area (Å²) >= 11 is 7.52. The summed E-state index contributed by atoms with van der Waals surface area (Å²) in [7, 11) is 0. The highest BCUT2D eigenvalue weighted by Gasteiger charge is 2.15. The molecule has 0 saturated heterocycles. The first-order valence-corrected chi connectivity index (χ1v) is 5.07. The topological polar surface area (TPSA) is 82.8 Å². The number of aryl methyl sites for hydroxylation is 1. The molecule has 5 nitrogen and oxygen atoms in total. The maximum atomic E-state index is 6.06. The molecule has 0 radical (unpaired) electrons. The molecule has 0 aliphatic rings. The van der Waals surface area contributed by atoms with Gasteiger partial charge in [-0.1, -0.05) is 11.6 Å². The van der Waals surface area contributed by atoms with Gasteiger partial charge >= 0.3 is 0 Å². The van der Waals surface area contributed by atoms with Crippen LogP contribution in [-0.2, 0) is 0 Å². The van der Waals surface area contributed by atoms with Gasteiger partial charge in [-0.2, -0.15) is 0 Å². The summed E-state index contributed by atoms with van der Waals surface area (Å²) in [5.74, 6) is 6.29. The van der Waals surface area contributed by atoms with E-state index in [0.29, 0.717) is 10.8 Å². The zero-order chi connectivity index (χ0) is 10.3. The molecule has 7 heteroatoms. The molecule has 0 fully saturated rings. The van der Waals surface area contributed by atoms with Crippen LogP contribution in [0.15, 0.2) is 5.38 Å². The zero-order valence-corrected chi connectivity index (χ0v) is 8.93. The minimum absolute atomic E-state index is 0.169. The van der Waals surface area contributed by atoms with Crippen LogP contribution >= 0.6 is 22.9 Å². The van der Waals surface area contributed by atoms with Crippen molar-refractivity contribution in [1.82, 2.24) is 14.9 Å². The van der Waals surface area contributed by atoms with Crippen molar-refractivity contribution in [2.75, 3.05) is 11.6 Å². The van der Waals surface area contributed by atoms with Crippen molar-refractivity contribution in [2.45, 2.75) is 6.92 Å². The third kappa shape index (κ3) is 1.23. The number of anilines is 1. The second-order valence-corrected chi connectivity index (χ2v) is 4.07. The second-order valence-electron chi connectivity index (χ2n) is 2.81. The van der Waals surface area contributed by atoms with Crippen LogP contribution in [0.25, 0.3) is 10.7 Å². The molecule has 2 heterocycles. The van der Waals surface area contributed by atoms with Gasteiger partial charge in [0.15, 0.2) is 5.82 Å². The SMILES string of the molecule is Cc1csc(-c2nnc(N)n2N)c1Cl. The van der Waals surface area contributed by atoms with Gasteiger partial charge in [0, 0.05) is 0 Å². The standard InChI is InChI=1S/C7H8ClN5S/c1-3-2-14-5(4(3)8)6-11-12-7(9)13(6)10/h2H,10H2,1H3,(H2,9,12). The normalized spacial score (nSPS) is 10.7. The molecule has 0 bridgehead atoms. The summed E-state index contributed by atoms with van der Waals surface area (Å²) in [6.45, 7) is 1.92. The molecule has 0 aliphatic heterocycles. The number of nitrogens with zero attached hydrogens (tertiary/aromatic N) is 3. The average molecular weight is 230 g/mol. The molecular weight excluding hydrogens is 222 g/mol. The summed E-state index contributed by atoms with van der Waals surface area (Å²) in [5.41, 5.74) is 6.45. The highest BCUT2D eigenvalue weighted by atomic mass is 35.5. The summed E-state index contributed by atoms with van der Waals surface area (Å²) in [5, 5.41) is 10.1. The van der Waals surface area contributed by atoms with Crippen molar-refractivity contribution in [1.29, 1.82) is 0 Å². The van der Waals surface area contributed by atoms with Crippen LogP contribution in [0.3, 0.4) is 0 Å². The number of hydrogen-bond donors (Lipinski definition) is 2. The molecule has 0 aromatic carbocycles. The largest absolute Gasteiger partial charge is 0.366 e. The highest BCUT2D eigenvalue weighted by molar-refractivity contribution is 7.14. The van der Waals surface area contributed by atoms with Crippen LogP contribution < -0.4 is 11.6 Å². The van der Waals surface area contributed by atoms with Crippen LogP contribution in [0.4, 0.5) is 5.95 Å². The molecule has 2 aromatic rings. The molecule has 0 saturated carbocycles. The molecule has 2 aromatic heterocycles. The molecule has 74 valence electrons. The maximum absolute atomic E-state index is 6.06. The molecule has 4 N–H and O–H groups in total. The van der Waals surface area contributed by atoms with Crippen molar-refractivity contribution in [3.63, 3.8) is 0 Å². The summed E-state index contributed by atoms with van der Waals surface area (Å²) in [6, 6.07) is 0. The van der Waals surface area contributed by atoms with E-state index in [-0.39, 0.29) is 5.95 Å². The Balaban J connectivity index is 2.60. The van der Waals surface area contributed by atoms with E-state index in [2.05, 4.69) is 10.2 Å². The number of rotatable bonds is 1. The number of thiophene rings is 1. The van der Waals surface area contributed by atoms with Gasteiger partial charge in [0.25, 0.3) is 0 Å². The molecular formula is C7H8ClN5S. The van der Waals surface area contributed by atoms with E-state index in [1.54, 1.807) is 0 Å². The van der Waals surface area contributed by atoms with Gasteiger partial charge in [0.2, 0.25) is 5.95 Å². The van der Waals surface area contributed by atoms with Crippen LogP contribution in [0.1, 0.15) is 5.56 Å². The Kier molecular flexibility index (Phi) is 2.09. The van der Waals surface area contributed by atoms with Gasteiger partial charge in [0.1, 0.15) is 0 Å². The van der Waals surface area contributed by atoms with Crippen molar-refractivity contribution < 1.29 is 0 Å². The lowest BCUT2D eigenvalue weighted by molar-refractivity contribution is 1.03. The summed E-state index contributed by atoms with van der Waals surface area (Å²) in [6.07, 6.45) is 0. The average Bonchev–Trinajstić information content (AvgIpc) is 2.63. The van der Waals surface area contributed by atoms with E-state index in [4.69, 9.17) is 23.2 Å². The van der Waals surface area contributed by atoms with Crippen molar-refractivity contribution in [3.8, 4) is 10.7 Å². The lowest BCUT2D eigenvalue weighted by atomic mass is 10.3.